The van der Waals surface area contributed by atoms with Gasteiger partial charge in [0.15, 0.2) is 31.3 Å². The van der Waals surface area contributed by atoms with Crippen LogP contribution in [0.25, 0.3) is 0 Å². The van der Waals surface area contributed by atoms with Crippen molar-refractivity contribution in [2.75, 3.05) is 26.9 Å². The van der Waals surface area contributed by atoms with Crippen molar-refractivity contribution in [2.45, 2.75) is 18.5 Å². The molecule has 0 aromatic heterocycles. The molecule has 0 aliphatic rings. The fourth-order valence-electron chi connectivity index (χ4n) is 1.64. The van der Waals surface area contributed by atoms with E-state index in [2.05, 4.69) is 18.9 Å². The van der Waals surface area contributed by atoms with Gasteiger partial charge in [0, 0.05) is 0 Å². The SMILES string of the molecule is COC(=O)c1cc(OCC(F)(F)F)c(OCC(F)(F)F)c(OCC(F)(F)F)c1. The number of esters is 1. The molecule has 0 N–H and O–H groups in total. The Morgan fingerprint density at radius 3 is 1.43 bits per heavy atom. The van der Waals surface area contributed by atoms with E-state index in [-0.39, 0.29) is 0 Å². The second-order valence-corrected chi connectivity index (χ2v) is 5.00. The lowest BCUT2D eigenvalue weighted by atomic mass is 10.2. The molecule has 0 fully saturated rings. The summed E-state index contributed by atoms with van der Waals surface area (Å²) in [6.07, 6.45) is -14.9. The minimum Gasteiger partial charge on any atom is -0.480 e. The van der Waals surface area contributed by atoms with Crippen LogP contribution in [0.2, 0.25) is 0 Å². The second-order valence-electron chi connectivity index (χ2n) is 5.00. The number of alkyl halides is 9. The Balaban J connectivity index is 3.40. The molecule has 1 aromatic carbocycles. The van der Waals surface area contributed by atoms with Gasteiger partial charge in [0.05, 0.1) is 12.7 Å². The summed E-state index contributed by atoms with van der Waals surface area (Å²) in [5.41, 5.74) is -0.642. The fraction of sp³-hybridized carbons (Fsp3) is 0.500. The summed E-state index contributed by atoms with van der Waals surface area (Å²) in [4.78, 5) is 11.6. The minimum atomic E-state index is -4.98. The quantitative estimate of drug-likeness (QED) is 0.477. The molecule has 0 unspecified atom stereocenters. The van der Waals surface area contributed by atoms with Gasteiger partial charge in [0.1, 0.15) is 0 Å². The lowest BCUT2D eigenvalue weighted by molar-refractivity contribution is -0.160. The number of rotatable bonds is 7. The molecular weight excluding hydrogens is 419 g/mol. The minimum absolute atomic E-state index is 0.518. The average Bonchev–Trinajstić information content (AvgIpc) is 2.53. The molecule has 0 spiro atoms. The van der Waals surface area contributed by atoms with Gasteiger partial charge in [0.25, 0.3) is 0 Å². The number of hydrogen-bond acceptors (Lipinski definition) is 5. The van der Waals surface area contributed by atoms with E-state index in [4.69, 9.17) is 0 Å². The van der Waals surface area contributed by atoms with E-state index in [9.17, 15) is 44.3 Å². The maximum atomic E-state index is 12.4. The number of hydrogen-bond donors (Lipinski definition) is 0. The number of benzene rings is 1. The highest BCUT2D eigenvalue weighted by atomic mass is 19.4. The Morgan fingerprint density at radius 1 is 0.750 bits per heavy atom. The summed E-state index contributed by atoms with van der Waals surface area (Å²) in [5.74, 6) is -4.61. The Bertz CT molecular complexity index is 640. The largest absolute Gasteiger partial charge is 0.480 e. The van der Waals surface area contributed by atoms with Gasteiger partial charge in [-0.05, 0) is 12.1 Å². The molecule has 28 heavy (non-hydrogen) atoms. The van der Waals surface area contributed by atoms with Crippen LogP contribution in [0.1, 0.15) is 10.4 Å². The van der Waals surface area contributed by atoms with Crippen LogP contribution in [0.15, 0.2) is 12.1 Å². The van der Waals surface area contributed by atoms with Crippen LogP contribution in [-0.2, 0) is 4.74 Å². The first-order valence-corrected chi connectivity index (χ1v) is 6.96. The van der Waals surface area contributed by atoms with Gasteiger partial charge in [-0.2, -0.15) is 39.5 Å². The molecule has 0 heterocycles. The molecule has 0 aliphatic heterocycles. The fourth-order valence-corrected chi connectivity index (χ4v) is 1.64. The summed E-state index contributed by atoms with van der Waals surface area (Å²) < 4.78 is 128. The van der Waals surface area contributed by atoms with Gasteiger partial charge in [-0.1, -0.05) is 0 Å². The van der Waals surface area contributed by atoms with Crippen molar-refractivity contribution in [3.63, 3.8) is 0 Å². The smallest absolute Gasteiger partial charge is 0.422 e. The lowest BCUT2D eigenvalue weighted by Gasteiger charge is -2.19. The number of halogens is 9. The van der Waals surface area contributed by atoms with Gasteiger partial charge in [-0.15, -0.1) is 0 Å². The molecule has 0 saturated carbocycles. The van der Waals surface area contributed by atoms with Gasteiger partial charge in [0.2, 0.25) is 5.75 Å². The summed E-state index contributed by atoms with van der Waals surface area (Å²) in [6.45, 7) is -6.13. The van der Waals surface area contributed by atoms with Crippen molar-refractivity contribution >= 4 is 5.97 Å². The van der Waals surface area contributed by atoms with E-state index in [0.717, 1.165) is 7.11 Å². The summed E-state index contributed by atoms with van der Waals surface area (Å²) in [7, 11) is 0.850. The van der Waals surface area contributed by atoms with Crippen LogP contribution < -0.4 is 14.2 Å². The average molecular weight is 430 g/mol. The summed E-state index contributed by atoms with van der Waals surface area (Å²) >= 11 is 0. The summed E-state index contributed by atoms with van der Waals surface area (Å²) in [5, 5.41) is 0. The summed E-state index contributed by atoms with van der Waals surface area (Å²) in [6, 6.07) is 1.04. The first kappa shape index (κ1) is 23.5. The highest BCUT2D eigenvalue weighted by Gasteiger charge is 2.34. The maximum absolute atomic E-state index is 12.4. The number of carbonyl (C=O) groups is 1. The molecule has 160 valence electrons. The van der Waals surface area contributed by atoms with Crippen molar-refractivity contribution in [3.05, 3.63) is 17.7 Å². The molecule has 5 nitrogen and oxygen atoms in total. The first-order valence-electron chi connectivity index (χ1n) is 6.96. The zero-order valence-electron chi connectivity index (χ0n) is 13.7. The van der Waals surface area contributed by atoms with E-state index in [1.807, 2.05) is 0 Å². The molecule has 1 aromatic rings. The van der Waals surface area contributed by atoms with Crippen LogP contribution in [0.5, 0.6) is 17.2 Å². The molecule has 0 amide bonds. The Kier molecular flexibility index (Phi) is 7.26. The Labute approximate surface area is 150 Å². The molecule has 0 saturated heterocycles. The highest BCUT2D eigenvalue weighted by molar-refractivity contribution is 5.91. The zero-order chi connectivity index (χ0) is 21.8. The van der Waals surface area contributed by atoms with Gasteiger partial charge < -0.3 is 18.9 Å². The van der Waals surface area contributed by atoms with Gasteiger partial charge in [-0.25, -0.2) is 4.79 Å². The third-order valence-corrected chi connectivity index (χ3v) is 2.60. The Morgan fingerprint density at radius 2 is 1.11 bits per heavy atom. The molecular formula is C14H11F9O5. The molecule has 0 aliphatic carbocycles. The highest BCUT2D eigenvalue weighted by Crippen LogP contribution is 2.41. The monoisotopic (exact) mass is 430 g/mol. The molecule has 1 rings (SSSR count). The lowest BCUT2D eigenvalue weighted by Crippen LogP contribution is -2.23. The first-order chi connectivity index (χ1) is 12.6. The van der Waals surface area contributed by atoms with Gasteiger partial charge in [-0.3, -0.25) is 0 Å². The molecule has 0 bridgehead atoms. The molecule has 0 atom stereocenters. The van der Waals surface area contributed by atoms with Crippen LogP contribution in [0.3, 0.4) is 0 Å². The van der Waals surface area contributed by atoms with E-state index in [1.54, 1.807) is 0 Å². The third kappa shape index (κ3) is 8.43. The molecule has 0 radical (unpaired) electrons. The van der Waals surface area contributed by atoms with Crippen LogP contribution in [0, 0.1) is 0 Å². The van der Waals surface area contributed by atoms with Crippen molar-refractivity contribution in [3.8, 4) is 17.2 Å². The number of methoxy groups -OCH3 is 1. The molecule has 14 heteroatoms. The number of ether oxygens (including phenoxy) is 4. The van der Waals surface area contributed by atoms with Crippen molar-refractivity contribution < 1.29 is 63.3 Å². The van der Waals surface area contributed by atoms with Crippen LogP contribution in [0.4, 0.5) is 39.5 Å². The van der Waals surface area contributed by atoms with Crippen molar-refractivity contribution in [2.24, 2.45) is 0 Å². The predicted octanol–water partition coefficient (Wildman–Crippen LogP) is 4.30. The van der Waals surface area contributed by atoms with Crippen LogP contribution >= 0.6 is 0 Å². The van der Waals surface area contributed by atoms with E-state index >= 15 is 0 Å². The predicted molar refractivity (Wildman–Crippen MR) is 72.4 cm³/mol. The standard InChI is InChI=1S/C14H11F9O5/c1-25-11(24)7-2-8(26-4-12(15,16)17)10(28-6-14(21,22)23)9(3-7)27-5-13(18,19)20/h2-3H,4-6H2,1H3. The number of carbonyl (C=O) groups excluding carboxylic acids is 1. The maximum Gasteiger partial charge on any atom is 0.422 e. The Hall–Kier alpha value is -2.54. The second kappa shape index (κ2) is 8.65. The van der Waals surface area contributed by atoms with Crippen LogP contribution in [-0.4, -0.2) is 51.4 Å². The van der Waals surface area contributed by atoms with Gasteiger partial charge >= 0.3 is 24.5 Å². The normalized spacial score (nSPS) is 12.5. The third-order valence-electron chi connectivity index (χ3n) is 2.60. The van der Waals surface area contributed by atoms with Crippen molar-refractivity contribution in [1.82, 2.24) is 0 Å². The van der Waals surface area contributed by atoms with E-state index in [1.165, 1.54) is 0 Å². The topological polar surface area (TPSA) is 54.0 Å². The van der Waals surface area contributed by atoms with E-state index < -0.39 is 67.1 Å². The van der Waals surface area contributed by atoms with E-state index in [0.29, 0.717) is 12.1 Å². The zero-order valence-corrected chi connectivity index (χ0v) is 13.7. The van der Waals surface area contributed by atoms with Crippen molar-refractivity contribution in [1.29, 1.82) is 0 Å².